The Bertz CT molecular complexity index is 605. The molecule has 0 bridgehead atoms. The van der Waals surface area contributed by atoms with Gasteiger partial charge in [-0.05, 0) is 26.7 Å². The van der Waals surface area contributed by atoms with Gasteiger partial charge in [0.15, 0.2) is 0 Å². The summed E-state index contributed by atoms with van der Waals surface area (Å²) in [6.07, 6.45) is 0. The van der Waals surface area contributed by atoms with E-state index < -0.39 is 0 Å². The zero-order valence-corrected chi connectivity index (χ0v) is 10.4. The van der Waals surface area contributed by atoms with Crippen molar-refractivity contribution in [2.24, 2.45) is 0 Å². The van der Waals surface area contributed by atoms with Crippen molar-refractivity contribution in [1.29, 1.82) is 0 Å². The quantitative estimate of drug-likeness (QED) is 0.798. The Morgan fingerprint density at radius 2 is 1.88 bits per heavy atom. The number of nitrogens with zero attached hydrogens (tertiary/aromatic N) is 2. The van der Waals surface area contributed by atoms with Gasteiger partial charge < -0.3 is 4.98 Å². The fraction of sp³-hybridized carbons (Fsp3) is 0.500. The van der Waals surface area contributed by atoms with Gasteiger partial charge in [0.1, 0.15) is 5.65 Å². The van der Waals surface area contributed by atoms with Gasteiger partial charge in [-0.25, -0.2) is 4.52 Å². The molecule has 0 amide bonds. The molecule has 0 radical (unpaired) electrons. The summed E-state index contributed by atoms with van der Waals surface area (Å²) < 4.78 is 1.83. The maximum absolute atomic E-state index is 12.0. The molecule has 16 heavy (non-hydrogen) atoms. The number of aromatic amines is 1. The number of rotatable bonds is 1. The molecule has 86 valence electrons. The topological polar surface area (TPSA) is 50.2 Å². The lowest BCUT2D eigenvalue weighted by Crippen LogP contribution is -2.19. The van der Waals surface area contributed by atoms with Crippen LogP contribution in [-0.2, 0) is 0 Å². The highest BCUT2D eigenvalue weighted by atomic mass is 16.1. The van der Waals surface area contributed by atoms with Gasteiger partial charge in [0.25, 0.3) is 5.56 Å². The van der Waals surface area contributed by atoms with E-state index in [1.807, 2.05) is 39.1 Å². The second-order valence-electron chi connectivity index (χ2n) is 4.58. The molecule has 0 spiro atoms. The predicted molar refractivity (Wildman–Crippen MR) is 64.1 cm³/mol. The monoisotopic (exact) mass is 219 g/mol. The zero-order chi connectivity index (χ0) is 12.0. The van der Waals surface area contributed by atoms with Gasteiger partial charge in [-0.1, -0.05) is 13.8 Å². The van der Waals surface area contributed by atoms with Crippen molar-refractivity contribution in [3.8, 4) is 0 Å². The summed E-state index contributed by atoms with van der Waals surface area (Å²) in [6, 6.07) is 0. The number of hydrogen-bond acceptors (Lipinski definition) is 2. The first kappa shape index (κ1) is 10.9. The summed E-state index contributed by atoms with van der Waals surface area (Å²) in [6.45, 7) is 9.92. The molecule has 0 aliphatic rings. The van der Waals surface area contributed by atoms with Gasteiger partial charge in [-0.2, -0.15) is 5.10 Å². The molecule has 0 aliphatic heterocycles. The minimum absolute atomic E-state index is 0.00278. The van der Waals surface area contributed by atoms with E-state index in [1.165, 1.54) is 0 Å². The van der Waals surface area contributed by atoms with Crippen LogP contribution >= 0.6 is 0 Å². The Labute approximate surface area is 94.3 Å². The zero-order valence-electron chi connectivity index (χ0n) is 10.4. The van der Waals surface area contributed by atoms with Crippen LogP contribution in [0.5, 0.6) is 0 Å². The summed E-state index contributed by atoms with van der Waals surface area (Å²) in [4.78, 5) is 14.9. The molecule has 4 nitrogen and oxygen atoms in total. The second-order valence-corrected chi connectivity index (χ2v) is 4.58. The summed E-state index contributed by atoms with van der Waals surface area (Å²) in [5.41, 5.74) is 4.56. The Balaban J connectivity index is 2.95. The summed E-state index contributed by atoms with van der Waals surface area (Å²) >= 11 is 0. The fourth-order valence-corrected chi connectivity index (χ4v) is 2.13. The molecule has 0 aromatic carbocycles. The molecule has 2 aromatic rings. The number of aryl methyl sites for hydroxylation is 3. The average molecular weight is 219 g/mol. The highest BCUT2D eigenvalue weighted by molar-refractivity contribution is 5.50. The summed E-state index contributed by atoms with van der Waals surface area (Å²) in [5, 5.41) is 4.44. The van der Waals surface area contributed by atoms with Gasteiger partial charge in [-0.15, -0.1) is 0 Å². The Morgan fingerprint density at radius 1 is 1.25 bits per heavy atom. The van der Waals surface area contributed by atoms with Crippen LogP contribution in [0.25, 0.3) is 5.65 Å². The number of hydrogen-bond donors (Lipinski definition) is 1. The Morgan fingerprint density at radius 3 is 2.44 bits per heavy atom. The van der Waals surface area contributed by atoms with Crippen molar-refractivity contribution >= 4 is 5.65 Å². The van der Waals surface area contributed by atoms with Crippen molar-refractivity contribution in [3.63, 3.8) is 0 Å². The van der Waals surface area contributed by atoms with E-state index in [1.54, 1.807) is 0 Å². The third-order valence-corrected chi connectivity index (χ3v) is 3.12. The van der Waals surface area contributed by atoms with Crippen molar-refractivity contribution in [1.82, 2.24) is 14.6 Å². The average Bonchev–Trinajstić information content (AvgIpc) is 2.45. The molecular weight excluding hydrogens is 202 g/mol. The highest BCUT2D eigenvalue weighted by Gasteiger charge is 2.15. The van der Waals surface area contributed by atoms with E-state index in [0.717, 1.165) is 28.2 Å². The van der Waals surface area contributed by atoms with Crippen LogP contribution in [0.15, 0.2) is 4.79 Å². The highest BCUT2D eigenvalue weighted by Crippen LogP contribution is 2.18. The Hall–Kier alpha value is -1.58. The van der Waals surface area contributed by atoms with Crippen LogP contribution in [0, 0.1) is 20.8 Å². The molecule has 0 atom stereocenters. The fourth-order valence-electron chi connectivity index (χ4n) is 2.13. The molecule has 0 aliphatic carbocycles. The van der Waals surface area contributed by atoms with Crippen molar-refractivity contribution in [2.75, 3.05) is 0 Å². The first-order valence-electron chi connectivity index (χ1n) is 5.52. The third kappa shape index (κ3) is 1.37. The number of nitrogens with one attached hydrogen (secondary N) is 1. The first-order chi connectivity index (χ1) is 7.43. The van der Waals surface area contributed by atoms with Gasteiger partial charge >= 0.3 is 0 Å². The van der Waals surface area contributed by atoms with E-state index >= 15 is 0 Å². The van der Waals surface area contributed by atoms with E-state index in [-0.39, 0.29) is 11.5 Å². The smallest absolute Gasteiger partial charge is 0.254 e. The minimum atomic E-state index is 0.00278. The minimum Gasteiger partial charge on any atom is -0.306 e. The molecular formula is C12H17N3O. The molecule has 0 fully saturated rings. The lowest BCUT2D eigenvalue weighted by Gasteiger charge is -2.09. The lowest BCUT2D eigenvalue weighted by atomic mass is 10.0. The van der Waals surface area contributed by atoms with Crippen LogP contribution in [0.1, 0.15) is 42.3 Å². The van der Waals surface area contributed by atoms with Crippen LogP contribution in [0.3, 0.4) is 0 Å². The van der Waals surface area contributed by atoms with Crippen molar-refractivity contribution in [2.45, 2.75) is 40.5 Å². The second kappa shape index (κ2) is 3.47. The van der Waals surface area contributed by atoms with Gasteiger partial charge in [0, 0.05) is 11.1 Å². The molecule has 0 unspecified atom stereocenters. The van der Waals surface area contributed by atoms with Crippen LogP contribution < -0.4 is 5.56 Å². The third-order valence-electron chi connectivity index (χ3n) is 3.12. The van der Waals surface area contributed by atoms with Crippen LogP contribution in [0.2, 0.25) is 0 Å². The maximum Gasteiger partial charge on any atom is 0.254 e. The van der Waals surface area contributed by atoms with Gasteiger partial charge in [-0.3, -0.25) is 4.79 Å². The summed E-state index contributed by atoms with van der Waals surface area (Å²) in [7, 11) is 0. The number of H-pyrrole nitrogens is 1. The van der Waals surface area contributed by atoms with E-state index in [0.29, 0.717) is 0 Å². The number of fused-ring (bicyclic) bond motifs is 1. The molecule has 2 heterocycles. The first-order valence-corrected chi connectivity index (χ1v) is 5.52. The van der Waals surface area contributed by atoms with E-state index in [9.17, 15) is 4.79 Å². The van der Waals surface area contributed by atoms with Gasteiger partial charge in [0.2, 0.25) is 0 Å². The molecule has 2 rings (SSSR count). The largest absolute Gasteiger partial charge is 0.306 e. The molecule has 0 saturated carbocycles. The van der Waals surface area contributed by atoms with E-state index in [4.69, 9.17) is 0 Å². The van der Waals surface area contributed by atoms with Crippen LogP contribution in [-0.4, -0.2) is 14.6 Å². The molecule has 1 N–H and O–H groups in total. The molecule has 4 heteroatoms. The standard InChI is InChI=1S/C12H17N3O/c1-6(2)10-9(5)15-11(13-12(10)16)7(3)8(4)14-15/h6H,1-5H3,(H,13,16). The summed E-state index contributed by atoms with van der Waals surface area (Å²) in [5.74, 6) is 0.206. The van der Waals surface area contributed by atoms with Crippen molar-refractivity contribution in [3.05, 3.63) is 32.9 Å². The lowest BCUT2D eigenvalue weighted by molar-refractivity contribution is 0.775. The van der Waals surface area contributed by atoms with Crippen LogP contribution in [0.4, 0.5) is 0 Å². The van der Waals surface area contributed by atoms with E-state index in [2.05, 4.69) is 10.1 Å². The maximum atomic E-state index is 12.0. The molecule has 2 aromatic heterocycles. The van der Waals surface area contributed by atoms with Crippen molar-refractivity contribution < 1.29 is 0 Å². The Kier molecular flexibility index (Phi) is 2.37. The SMILES string of the molecule is Cc1nn2c(C)c(C(C)C)c(=O)[nH]c2c1C. The predicted octanol–water partition coefficient (Wildman–Crippen LogP) is 2.07. The van der Waals surface area contributed by atoms with Gasteiger partial charge in [0.05, 0.1) is 11.4 Å². The normalized spacial score (nSPS) is 11.6. The number of aromatic nitrogens is 3. The molecule has 0 saturated heterocycles.